The van der Waals surface area contributed by atoms with Gasteiger partial charge in [0.2, 0.25) is 0 Å². The van der Waals surface area contributed by atoms with Gasteiger partial charge < -0.3 is 5.32 Å². The van der Waals surface area contributed by atoms with E-state index in [2.05, 4.69) is 99.1 Å². The number of aromatic nitrogens is 2. The summed E-state index contributed by atoms with van der Waals surface area (Å²) in [7, 11) is 0. The zero-order valence-corrected chi connectivity index (χ0v) is 20.9. The molecule has 0 fully saturated rings. The van der Waals surface area contributed by atoms with Crippen molar-refractivity contribution < 1.29 is 0 Å². The number of hydrogen-bond acceptors (Lipinski definition) is 3. The van der Waals surface area contributed by atoms with E-state index in [9.17, 15) is 0 Å². The lowest BCUT2D eigenvalue weighted by Gasteiger charge is -2.44. The van der Waals surface area contributed by atoms with Gasteiger partial charge in [-0.25, -0.2) is 4.68 Å². The Morgan fingerprint density at radius 3 is 2.73 bits per heavy atom. The molecule has 1 aromatic heterocycles. The van der Waals surface area contributed by atoms with Crippen LogP contribution in [0.1, 0.15) is 69.6 Å². The van der Waals surface area contributed by atoms with Crippen LogP contribution in [-0.4, -0.2) is 32.8 Å². The van der Waals surface area contributed by atoms with Crippen LogP contribution in [0.25, 0.3) is 11.3 Å². The fourth-order valence-electron chi connectivity index (χ4n) is 6.54. The third-order valence-corrected chi connectivity index (χ3v) is 8.81. The lowest BCUT2D eigenvalue weighted by molar-refractivity contribution is 0.151. The van der Waals surface area contributed by atoms with Crippen LogP contribution in [0.3, 0.4) is 0 Å². The van der Waals surface area contributed by atoms with Crippen molar-refractivity contribution in [3.05, 3.63) is 76.3 Å². The molecule has 3 atom stereocenters. The third kappa shape index (κ3) is 2.70. The highest BCUT2D eigenvalue weighted by Crippen LogP contribution is 2.55. The van der Waals surface area contributed by atoms with Crippen LogP contribution in [-0.2, 0) is 24.8 Å². The molecule has 0 saturated heterocycles. The van der Waals surface area contributed by atoms with E-state index in [0.29, 0.717) is 12.0 Å². The van der Waals surface area contributed by atoms with Crippen molar-refractivity contribution in [3.63, 3.8) is 0 Å². The quantitative estimate of drug-likeness (QED) is 0.657. The number of allylic oxidation sites excluding steroid dienone is 2. The molecule has 1 aromatic carbocycles. The second-order valence-electron chi connectivity index (χ2n) is 11.1. The summed E-state index contributed by atoms with van der Waals surface area (Å²) >= 11 is 0. The predicted molar refractivity (Wildman–Crippen MR) is 135 cm³/mol. The van der Waals surface area contributed by atoms with E-state index in [1.54, 1.807) is 0 Å². The first-order chi connectivity index (χ1) is 15.8. The molecule has 4 heteroatoms. The lowest BCUT2D eigenvalue weighted by atomic mass is 9.64. The van der Waals surface area contributed by atoms with E-state index < -0.39 is 0 Å². The molecule has 0 bridgehead atoms. The number of nitrogens with zero attached hydrogens (tertiary/aromatic N) is 3. The molecular weight excluding hydrogens is 404 g/mol. The smallest absolute Gasteiger partial charge is 0.0780 e. The van der Waals surface area contributed by atoms with Crippen molar-refractivity contribution in [1.82, 2.24) is 20.0 Å². The fourth-order valence-corrected chi connectivity index (χ4v) is 6.54. The SMILES string of the molecule is CCc1cccc2c1-n1nc3c(c1C1(C)C=CC4(C)NC=CC4=C21)CN(C(C)C(C)C)CC3. The molecule has 6 rings (SSSR count). The molecule has 0 saturated carbocycles. The summed E-state index contributed by atoms with van der Waals surface area (Å²) in [6.45, 7) is 16.1. The van der Waals surface area contributed by atoms with E-state index in [1.165, 1.54) is 44.9 Å². The van der Waals surface area contributed by atoms with Gasteiger partial charge in [0.1, 0.15) is 0 Å². The molecule has 2 aromatic rings. The molecule has 3 aliphatic heterocycles. The molecule has 0 spiro atoms. The van der Waals surface area contributed by atoms with Crippen LogP contribution in [0, 0.1) is 5.92 Å². The van der Waals surface area contributed by atoms with Crippen molar-refractivity contribution in [2.24, 2.45) is 5.92 Å². The topological polar surface area (TPSA) is 33.1 Å². The Hall–Kier alpha value is -2.59. The number of rotatable bonds is 3. The molecule has 33 heavy (non-hydrogen) atoms. The Kier molecular flexibility index (Phi) is 4.42. The second-order valence-corrected chi connectivity index (χ2v) is 11.1. The molecule has 3 unspecified atom stereocenters. The number of para-hydroxylation sites is 1. The molecule has 0 radical (unpaired) electrons. The van der Waals surface area contributed by atoms with Crippen LogP contribution in [0.4, 0.5) is 0 Å². The van der Waals surface area contributed by atoms with Gasteiger partial charge >= 0.3 is 0 Å². The van der Waals surface area contributed by atoms with Gasteiger partial charge in [0.25, 0.3) is 0 Å². The van der Waals surface area contributed by atoms with E-state index in [1.807, 2.05) is 0 Å². The maximum absolute atomic E-state index is 5.32. The highest BCUT2D eigenvalue weighted by molar-refractivity contribution is 5.91. The van der Waals surface area contributed by atoms with Crippen LogP contribution < -0.4 is 5.32 Å². The molecule has 4 heterocycles. The van der Waals surface area contributed by atoms with Crippen molar-refractivity contribution >= 4 is 5.57 Å². The molecule has 1 aliphatic carbocycles. The number of benzene rings is 1. The van der Waals surface area contributed by atoms with Gasteiger partial charge in [0.15, 0.2) is 0 Å². The summed E-state index contributed by atoms with van der Waals surface area (Å²) in [4.78, 5) is 2.67. The molecule has 172 valence electrons. The highest BCUT2D eigenvalue weighted by Gasteiger charge is 2.49. The molecular formula is C29H36N4. The first-order valence-corrected chi connectivity index (χ1v) is 12.7. The van der Waals surface area contributed by atoms with Crippen LogP contribution in [0.15, 0.2) is 48.2 Å². The Morgan fingerprint density at radius 1 is 1.15 bits per heavy atom. The number of nitrogens with one attached hydrogen (secondary N) is 1. The minimum absolute atomic E-state index is 0.144. The third-order valence-electron chi connectivity index (χ3n) is 8.81. The summed E-state index contributed by atoms with van der Waals surface area (Å²) in [6.07, 6.45) is 11.3. The zero-order valence-electron chi connectivity index (χ0n) is 20.9. The van der Waals surface area contributed by atoms with Crippen LogP contribution in [0.5, 0.6) is 0 Å². The fraction of sp³-hybridized carbons (Fsp3) is 0.483. The Labute approximate surface area is 198 Å². The lowest BCUT2D eigenvalue weighted by Crippen LogP contribution is -2.44. The summed E-state index contributed by atoms with van der Waals surface area (Å²) in [5.41, 5.74) is 10.6. The first kappa shape index (κ1) is 21.0. The Balaban J connectivity index is 1.65. The summed E-state index contributed by atoms with van der Waals surface area (Å²) in [6, 6.07) is 7.39. The maximum atomic E-state index is 5.32. The largest absolute Gasteiger partial charge is 0.378 e. The average molecular weight is 441 g/mol. The Morgan fingerprint density at radius 2 is 1.97 bits per heavy atom. The van der Waals surface area contributed by atoms with Crippen LogP contribution in [0.2, 0.25) is 0 Å². The second kappa shape index (κ2) is 6.96. The van der Waals surface area contributed by atoms with Gasteiger partial charge in [-0.05, 0) is 62.1 Å². The van der Waals surface area contributed by atoms with Crippen molar-refractivity contribution in [2.45, 2.75) is 77.9 Å². The van der Waals surface area contributed by atoms with Gasteiger partial charge in [-0.1, -0.05) is 51.1 Å². The summed E-state index contributed by atoms with van der Waals surface area (Å²) in [5.74, 6) is 0.642. The summed E-state index contributed by atoms with van der Waals surface area (Å²) < 4.78 is 2.34. The van der Waals surface area contributed by atoms with Gasteiger partial charge in [0.05, 0.1) is 28.0 Å². The predicted octanol–water partition coefficient (Wildman–Crippen LogP) is 5.31. The molecule has 1 N–H and O–H groups in total. The highest BCUT2D eigenvalue weighted by atomic mass is 15.3. The normalized spacial score (nSPS) is 28.2. The van der Waals surface area contributed by atoms with E-state index in [0.717, 1.165) is 25.9 Å². The van der Waals surface area contributed by atoms with Crippen molar-refractivity contribution in [1.29, 1.82) is 0 Å². The first-order valence-electron chi connectivity index (χ1n) is 12.7. The summed E-state index contributed by atoms with van der Waals surface area (Å²) in [5, 5.41) is 8.92. The number of aryl methyl sites for hydroxylation is 1. The maximum Gasteiger partial charge on any atom is 0.0780 e. The van der Waals surface area contributed by atoms with E-state index in [-0.39, 0.29) is 11.0 Å². The molecule has 4 nitrogen and oxygen atoms in total. The average Bonchev–Trinajstić information content (AvgIpc) is 3.38. The van der Waals surface area contributed by atoms with Gasteiger partial charge in [-0.15, -0.1) is 0 Å². The number of fused-ring (bicyclic) bond motifs is 9. The van der Waals surface area contributed by atoms with E-state index >= 15 is 0 Å². The van der Waals surface area contributed by atoms with Crippen molar-refractivity contribution in [2.75, 3.05) is 6.54 Å². The molecule has 4 aliphatic rings. The standard InChI is InChI=1S/C29H36N4/c1-7-20-9-8-10-21-25-23-11-15-30-29(23,6)14-13-28(25,5)27-22-17-32(19(4)18(2)3)16-12-24(22)31-33(27)26(20)21/h8-11,13-15,18-19,30H,7,12,16-17H2,1-6H3. The minimum atomic E-state index is -0.199. The molecule has 0 amide bonds. The van der Waals surface area contributed by atoms with Gasteiger partial charge in [-0.2, -0.15) is 5.10 Å². The van der Waals surface area contributed by atoms with Crippen LogP contribution >= 0.6 is 0 Å². The van der Waals surface area contributed by atoms with Gasteiger partial charge in [0, 0.05) is 36.7 Å². The van der Waals surface area contributed by atoms with Crippen molar-refractivity contribution in [3.8, 4) is 5.69 Å². The minimum Gasteiger partial charge on any atom is -0.378 e. The Bertz CT molecular complexity index is 1240. The zero-order chi connectivity index (χ0) is 23.1. The van der Waals surface area contributed by atoms with Gasteiger partial charge in [-0.3, -0.25) is 4.90 Å². The number of hydrogen-bond donors (Lipinski definition) is 1. The monoisotopic (exact) mass is 440 g/mol. The van der Waals surface area contributed by atoms with E-state index in [4.69, 9.17) is 5.10 Å².